The summed E-state index contributed by atoms with van der Waals surface area (Å²) >= 11 is -1.52. The van der Waals surface area contributed by atoms with Crippen molar-refractivity contribution in [3.8, 4) is 0 Å². The topological polar surface area (TPSA) is 52.6 Å². The molecule has 0 radical (unpaired) electrons. The normalized spacial score (nSPS) is 39.5. The number of ether oxygens (including phenoxy) is 1. The van der Waals surface area contributed by atoms with Gasteiger partial charge in [-0.05, 0) is 51.9 Å². The Kier molecular flexibility index (Phi) is 4.35. The highest BCUT2D eigenvalue weighted by Gasteiger charge is 2.39. The Hall–Kier alpha value is -0.420. The molecule has 2 bridgehead atoms. The first-order valence-electron chi connectivity index (χ1n) is 7.04. The van der Waals surface area contributed by atoms with Crippen LogP contribution in [0.1, 0.15) is 53.4 Å². The molecule has 5 heteroatoms. The van der Waals surface area contributed by atoms with Crippen LogP contribution in [0.2, 0.25) is 0 Å². The minimum atomic E-state index is -1.52. The molecule has 19 heavy (non-hydrogen) atoms. The molecule has 0 aromatic heterocycles. The van der Waals surface area contributed by atoms with E-state index < -0.39 is 21.9 Å². The fourth-order valence-corrected chi connectivity index (χ4v) is 4.02. The quantitative estimate of drug-likeness (QED) is 0.696. The van der Waals surface area contributed by atoms with Crippen LogP contribution in [0, 0.1) is 17.3 Å². The molecule has 0 spiro atoms. The van der Waals surface area contributed by atoms with Crippen molar-refractivity contribution in [3.63, 3.8) is 0 Å². The molecule has 1 aliphatic carbocycles. The van der Waals surface area contributed by atoms with Crippen LogP contribution in [0.25, 0.3) is 0 Å². The number of hydrogen-bond donors (Lipinski definition) is 0. The number of carbonyl (C=O) groups is 1. The first-order valence-corrected chi connectivity index (χ1v) is 8.18. The van der Waals surface area contributed by atoms with Gasteiger partial charge >= 0.3 is 5.97 Å². The van der Waals surface area contributed by atoms with Gasteiger partial charge < -0.3 is 4.74 Å². The molecule has 4 nitrogen and oxygen atoms in total. The van der Waals surface area contributed by atoms with E-state index in [4.69, 9.17) is 8.92 Å². The van der Waals surface area contributed by atoms with Crippen molar-refractivity contribution in [1.29, 1.82) is 0 Å². The van der Waals surface area contributed by atoms with Gasteiger partial charge in [-0.1, -0.05) is 6.92 Å². The summed E-state index contributed by atoms with van der Waals surface area (Å²) < 4.78 is 23.1. The fourth-order valence-electron chi connectivity index (χ4n) is 2.88. The maximum Gasteiger partial charge on any atom is 0.312 e. The molecule has 2 fully saturated rings. The Morgan fingerprint density at radius 3 is 2.53 bits per heavy atom. The Bertz CT molecular complexity index is 374. The molecule has 0 aromatic carbocycles. The monoisotopic (exact) mass is 288 g/mol. The molecule has 5 unspecified atom stereocenters. The maximum atomic E-state index is 12.1. The van der Waals surface area contributed by atoms with Gasteiger partial charge in [0.05, 0.1) is 11.5 Å². The van der Waals surface area contributed by atoms with Crippen LogP contribution >= 0.6 is 0 Å². The average Bonchev–Trinajstić information content (AvgIpc) is 2.34. The highest BCUT2D eigenvalue weighted by Crippen LogP contribution is 2.38. The second-order valence-corrected chi connectivity index (χ2v) is 8.22. The summed E-state index contributed by atoms with van der Waals surface area (Å²) in [5.74, 6) is 0.745. The van der Waals surface area contributed by atoms with Gasteiger partial charge in [0.25, 0.3) is 0 Å². The number of fused-ring (bicyclic) bond motifs is 2. The van der Waals surface area contributed by atoms with Crippen molar-refractivity contribution in [2.45, 2.75) is 64.9 Å². The summed E-state index contributed by atoms with van der Waals surface area (Å²) in [6, 6.07) is 0. The molecular weight excluding hydrogens is 264 g/mol. The van der Waals surface area contributed by atoms with E-state index >= 15 is 0 Å². The second-order valence-electron chi connectivity index (χ2n) is 6.98. The zero-order valence-corrected chi connectivity index (χ0v) is 13.0. The Balaban J connectivity index is 2.05. The summed E-state index contributed by atoms with van der Waals surface area (Å²) in [5.41, 5.74) is -1.18. The first-order chi connectivity index (χ1) is 8.75. The zero-order chi connectivity index (χ0) is 14.2. The standard InChI is InChI=1S/C14H24O4S/c1-9-5-10-7-11(6-9)18-19(16)12(8-10)17-13(15)14(2,3)4/h9-12H,5-8H2,1-4H3. The molecule has 2 aliphatic rings. The maximum absolute atomic E-state index is 12.1. The largest absolute Gasteiger partial charge is 0.446 e. The predicted molar refractivity (Wildman–Crippen MR) is 73.5 cm³/mol. The van der Waals surface area contributed by atoms with E-state index in [1.54, 1.807) is 20.8 Å². The zero-order valence-electron chi connectivity index (χ0n) is 12.2. The molecular formula is C14H24O4S. The number of esters is 1. The van der Waals surface area contributed by atoms with Crippen LogP contribution in [-0.4, -0.2) is 21.7 Å². The van der Waals surface area contributed by atoms with Crippen molar-refractivity contribution < 1.29 is 17.9 Å². The molecule has 0 aromatic rings. The second kappa shape index (κ2) is 5.52. The average molecular weight is 288 g/mol. The van der Waals surface area contributed by atoms with Gasteiger partial charge in [0.2, 0.25) is 5.44 Å². The number of hydrogen-bond acceptors (Lipinski definition) is 4. The first kappa shape index (κ1) is 15.0. The highest BCUT2D eigenvalue weighted by molar-refractivity contribution is 7.80. The number of carbonyl (C=O) groups excluding carboxylic acids is 1. The van der Waals surface area contributed by atoms with Crippen LogP contribution in [-0.2, 0) is 24.8 Å². The molecule has 2 rings (SSSR count). The minimum Gasteiger partial charge on any atom is -0.446 e. The molecule has 1 aliphatic heterocycles. The van der Waals surface area contributed by atoms with Crippen molar-refractivity contribution in [2.75, 3.05) is 0 Å². The van der Waals surface area contributed by atoms with Gasteiger partial charge in [-0.25, -0.2) is 4.21 Å². The summed E-state index contributed by atoms with van der Waals surface area (Å²) in [6.45, 7) is 7.61. The van der Waals surface area contributed by atoms with Crippen molar-refractivity contribution in [1.82, 2.24) is 0 Å². The van der Waals surface area contributed by atoms with E-state index in [0.717, 1.165) is 19.3 Å². The van der Waals surface area contributed by atoms with Crippen molar-refractivity contribution in [2.24, 2.45) is 17.3 Å². The summed E-state index contributed by atoms with van der Waals surface area (Å²) in [5, 5.41) is 0. The Labute approximate surface area is 117 Å². The van der Waals surface area contributed by atoms with Crippen LogP contribution in [0.15, 0.2) is 0 Å². The molecule has 5 atom stereocenters. The van der Waals surface area contributed by atoms with Crippen LogP contribution in [0.5, 0.6) is 0 Å². The third-order valence-corrected chi connectivity index (χ3v) is 5.00. The molecule has 1 heterocycles. The molecule has 1 saturated heterocycles. The lowest BCUT2D eigenvalue weighted by atomic mass is 9.79. The smallest absolute Gasteiger partial charge is 0.312 e. The number of rotatable bonds is 1. The Morgan fingerprint density at radius 2 is 1.89 bits per heavy atom. The lowest BCUT2D eigenvalue weighted by Gasteiger charge is -2.29. The lowest BCUT2D eigenvalue weighted by molar-refractivity contribution is -0.155. The minimum absolute atomic E-state index is 0.0629. The van der Waals surface area contributed by atoms with Gasteiger partial charge in [-0.3, -0.25) is 8.98 Å². The van der Waals surface area contributed by atoms with E-state index in [1.165, 1.54) is 0 Å². The molecule has 110 valence electrons. The third kappa shape index (κ3) is 3.78. The highest BCUT2D eigenvalue weighted by atomic mass is 32.2. The van der Waals surface area contributed by atoms with E-state index in [-0.39, 0.29) is 12.1 Å². The fraction of sp³-hybridized carbons (Fsp3) is 0.929. The summed E-state index contributed by atoms with van der Waals surface area (Å²) in [6.07, 6.45) is 3.74. The van der Waals surface area contributed by atoms with Gasteiger partial charge in [-0.15, -0.1) is 0 Å². The SMILES string of the molecule is CC1CC2CC(C1)OS(=O)C(OC(=O)C(C)(C)C)C2. The van der Waals surface area contributed by atoms with Gasteiger partial charge in [-0.2, -0.15) is 0 Å². The summed E-state index contributed by atoms with van der Waals surface area (Å²) in [7, 11) is 0. The summed E-state index contributed by atoms with van der Waals surface area (Å²) in [4.78, 5) is 11.9. The van der Waals surface area contributed by atoms with Gasteiger partial charge in [0, 0.05) is 6.42 Å². The van der Waals surface area contributed by atoms with Crippen molar-refractivity contribution >= 4 is 17.0 Å². The van der Waals surface area contributed by atoms with Crippen LogP contribution in [0.3, 0.4) is 0 Å². The Morgan fingerprint density at radius 1 is 1.21 bits per heavy atom. The molecule has 0 N–H and O–H groups in total. The van der Waals surface area contributed by atoms with Gasteiger partial charge in [0.15, 0.2) is 11.1 Å². The van der Waals surface area contributed by atoms with E-state index in [9.17, 15) is 9.00 Å². The van der Waals surface area contributed by atoms with Crippen LogP contribution < -0.4 is 0 Å². The predicted octanol–water partition coefficient (Wildman–Crippen LogP) is 2.79. The molecule has 1 saturated carbocycles. The van der Waals surface area contributed by atoms with E-state index in [2.05, 4.69) is 6.92 Å². The van der Waals surface area contributed by atoms with Gasteiger partial charge in [0.1, 0.15) is 0 Å². The van der Waals surface area contributed by atoms with Crippen LogP contribution in [0.4, 0.5) is 0 Å². The van der Waals surface area contributed by atoms with E-state index in [0.29, 0.717) is 18.3 Å². The lowest BCUT2D eigenvalue weighted by Crippen LogP contribution is -2.31. The van der Waals surface area contributed by atoms with Crippen molar-refractivity contribution in [3.05, 3.63) is 0 Å². The third-order valence-electron chi connectivity index (χ3n) is 3.82. The van der Waals surface area contributed by atoms with E-state index in [1.807, 2.05) is 0 Å². The molecule has 0 amide bonds.